The Labute approximate surface area is 106 Å². The second-order valence-electron chi connectivity index (χ2n) is 4.24. The molecule has 0 saturated carbocycles. The molecule has 0 unspecified atom stereocenters. The Balaban J connectivity index is 2.39. The van der Waals surface area contributed by atoms with E-state index < -0.39 is 0 Å². The lowest BCUT2D eigenvalue weighted by molar-refractivity contribution is 0.215. The van der Waals surface area contributed by atoms with E-state index in [1.54, 1.807) is 0 Å². The fraction of sp³-hybridized carbons (Fsp3) is 0.600. The summed E-state index contributed by atoms with van der Waals surface area (Å²) in [5.41, 5.74) is 1.30. The zero-order valence-corrected chi connectivity index (χ0v) is 11.4. The molecule has 0 radical (unpaired) electrons. The third kappa shape index (κ3) is 4.78. The number of rotatable bonds is 8. The Morgan fingerprint density at radius 3 is 2.47 bits per heavy atom. The molecule has 0 aliphatic heterocycles. The molecule has 0 saturated heterocycles. The smallest absolute Gasteiger partial charge is 0.122 e. The summed E-state index contributed by atoms with van der Waals surface area (Å²) in [4.78, 5) is 2.43. The largest absolute Gasteiger partial charge is 0.492 e. The number of aryl methyl sites for hydroxylation is 1. The molecule has 1 rings (SSSR count). The lowest BCUT2D eigenvalue weighted by Gasteiger charge is -2.20. The van der Waals surface area contributed by atoms with Gasteiger partial charge in [0.25, 0.3) is 0 Å². The summed E-state index contributed by atoms with van der Waals surface area (Å²) >= 11 is 0. The van der Waals surface area contributed by atoms with E-state index in [4.69, 9.17) is 4.74 Å². The number of hydrogen-bond donors (Lipinski definition) is 0. The predicted molar refractivity (Wildman–Crippen MR) is 73.7 cm³/mol. The van der Waals surface area contributed by atoms with Gasteiger partial charge in [0, 0.05) is 6.54 Å². The Bertz CT molecular complexity index is 312. The molecule has 0 N–H and O–H groups in total. The van der Waals surface area contributed by atoms with Gasteiger partial charge in [0.2, 0.25) is 0 Å². The van der Waals surface area contributed by atoms with Crippen LogP contribution in [0.4, 0.5) is 0 Å². The molecule has 0 fully saturated rings. The minimum absolute atomic E-state index is 0.783. The average Bonchev–Trinajstić information content (AvgIpc) is 2.38. The third-order valence-electron chi connectivity index (χ3n) is 3.01. The molecule has 0 heterocycles. The molecule has 96 valence electrons. The van der Waals surface area contributed by atoms with Crippen molar-refractivity contribution >= 4 is 0 Å². The minimum atomic E-state index is 0.783. The molecule has 0 aliphatic carbocycles. The first-order valence-corrected chi connectivity index (χ1v) is 6.74. The molecule has 0 aliphatic rings. The molecular weight excluding hydrogens is 210 g/mol. The lowest BCUT2D eigenvalue weighted by Crippen LogP contribution is -2.29. The van der Waals surface area contributed by atoms with Gasteiger partial charge >= 0.3 is 0 Å². The van der Waals surface area contributed by atoms with Gasteiger partial charge in [-0.15, -0.1) is 0 Å². The van der Waals surface area contributed by atoms with Gasteiger partial charge in [-0.25, -0.2) is 0 Å². The van der Waals surface area contributed by atoms with Crippen LogP contribution in [0.2, 0.25) is 0 Å². The highest BCUT2D eigenvalue weighted by molar-refractivity contribution is 5.33. The second-order valence-corrected chi connectivity index (χ2v) is 4.24. The van der Waals surface area contributed by atoms with Crippen molar-refractivity contribution in [2.24, 2.45) is 0 Å². The van der Waals surface area contributed by atoms with Crippen molar-refractivity contribution in [3.8, 4) is 5.75 Å². The summed E-state index contributed by atoms with van der Waals surface area (Å²) in [6, 6.07) is 8.31. The molecule has 0 aromatic heterocycles. The van der Waals surface area contributed by atoms with E-state index in [2.05, 4.69) is 43.9 Å². The van der Waals surface area contributed by atoms with E-state index in [1.165, 1.54) is 12.0 Å². The van der Waals surface area contributed by atoms with E-state index in [0.29, 0.717) is 0 Å². The number of hydrogen-bond acceptors (Lipinski definition) is 2. The quantitative estimate of drug-likeness (QED) is 0.685. The molecule has 1 aromatic rings. The van der Waals surface area contributed by atoms with Gasteiger partial charge in [0.05, 0.1) is 0 Å². The Morgan fingerprint density at radius 1 is 1.06 bits per heavy atom. The first kappa shape index (κ1) is 14.0. The van der Waals surface area contributed by atoms with E-state index >= 15 is 0 Å². The molecule has 1 aromatic carbocycles. The molecule has 2 nitrogen and oxygen atoms in total. The zero-order chi connectivity index (χ0) is 12.5. The van der Waals surface area contributed by atoms with Gasteiger partial charge in [0.1, 0.15) is 12.4 Å². The Hall–Kier alpha value is -1.02. The molecule has 0 bridgehead atoms. The highest BCUT2D eigenvalue weighted by Crippen LogP contribution is 2.17. The molecule has 0 spiro atoms. The molecule has 0 amide bonds. The summed E-state index contributed by atoms with van der Waals surface area (Å²) < 4.78 is 5.87. The van der Waals surface area contributed by atoms with Crippen molar-refractivity contribution in [1.29, 1.82) is 0 Å². The van der Waals surface area contributed by atoms with Crippen LogP contribution in [0, 0.1) is 0 Å². The van der Waals surface area contributed by atoms with Crippen LogP contribution in [0.25, 0.3) is 0 Å². The van der Waals surface area contributed by atoms with Crippen LogP contribution in [0.5, 0.6) is 5.75 Å². The van der Waals surface area contributed by atoms with Gasteiger partial charge in [-0.05, 0) is 37.6 Å². The SMILES string of the molecule is CCCN(CC)CCOc1ccccc1CC. The average molecular weight is 235 g/mol. The predicted octanol–water partition coefficient (Wildman–Crippen LogP) is 3.36. The van der Waals surface area contributed by atoms with Crippen molar-refractivity contribution in [3.05, 3.63) is 29.8 Å². The monoisotopic (exact) mass is 235 g/mol. The van der Waals surface area contributed by atoms with Crippen LogP contribution >= 0.6 is 0 Å². The summed E-state index contributed by atoms with van der Waals surface area (Å²) in [6.07, 6.45) is 2.24. The van der Waals surface area contributed by atoms with Crippen LogP contribution < -0.4 is 4.74 Å². The summed E-state index contributed by atoms with van der Waals surface area (Å²) in [7, 11) is 0. The van der Waals surface area contributed by atoms with Crippen molar-refractivity contribution in [2.45, 2.75) is 33.6 Å². The van der Waals surface area contributed by atoms with Crippen molar-refractivity contribution in [1.82, 2.24) is 4.90 Å². The standard InChI is InChI=1S/C15H25NO/c1-4-11-16(6-3)12-13-17-15-10-8-7-9-14(15)5-2/h7-10H,4-6,11-13H2,1-3H3. The summed E-state index contributed by atoms with van der Waals surface area (Å²) in [5, 5.41) is 0. The molecule has 17 heavy (non-hydrogen) atoms. The van der Waals surface area contributed by atoms with Crippen LogP contribution in [0.1, 0.15) is 32.8 Å². The Morgan fingerprint density at radius 2 is 1.82 bits per heavy atom. The van der Waals surface area contributed by atoms with Crippen LogP contribution in [-0.4, -0.2) is 31.1 Å². The number of nitrogens with zero attached hydrogens (tertiary/aromatic N) is 1. The first-order chi connectivity index (χ1) is 8.31. The highest BCUT2D eigenvalue weighted by Gasteiger charge is 2.03. The van der Waals surface area contributed by atoms with E-state index in [-0.39, 0.29) is 0 Å². The normalized spacial score (nSPS) is 10.8. The second kappa shape index (κ2) is 8.13. The molecule has 0 atom stereocenters. The van der Waals surface area contributed by atoms with Crippen molar-refractivity contribution in [2.75, 3.05) is 26.2 Å². The maximum Gasteiger partial charge on any atom is 0.122 e. The number of para-hydroxylation sites is 1. The van der Waals surface area contributed by atoms with Crippen molar-refractivity contribution < 1.29 is 4.74 Å². The third-order valence-corrected chi connectivity index (χ3v) is 3.01. The number of benzene rings is 1. The van der Waals surface area contributed by atoms with Gasteiger partial charge in [0.15, 0.2) is 0 Å². The summed E-state index contributed by atoms with van der Waals surface area (Å²) in [5.74, 6) is 1.04. The maximum atomic E-state index is 5.87. The van der Waals surface area contributed by atoms with Crippen LogP contribution in [0.15, 0.2) is 24.3 Å². The van der Waals surface area contributed by atoms with Gasteiger partial charge in [-0.1, -0.05) is 39.0 Å². The highest BCUT2D eigenvalue weighted by atomic mass is 16.5. The molecular formula is C15H25NO. The van der Waals surface area contributed by atoms with Gasteiger partial charge < -0.3 is 9.64 Å². The van der Waals surface area contributed by atoms with E-state index in [9.17, 15) is 0 Å². The Kier molecular flexibility index (Phi) is 6.71. The molecule has 2 heteroatoms. The van der Waals surface area contributed by atoms with Crippen LogP contribution in [-0.2, 0) is 6.42 Å². The minimum Gasteiger partial charge on any atom is -0.492 e. The maximum absolute atomic E-state index is 5.87. The van der Waals surface area contributed by atoms with E-state index in [1.807, 2.05) is 6.07 Å². The van der Waals surface area contributed by atoms with Crippen molar-refractivity contribution in [3.63, 3.8) is 0 Å². The first-order valence-electron chi connectivity index (χ1n) is 6.74. The van der Waals surface area contributed by atoms with Gasteiger partial charge in [-0.3, -0.25) is 0 Å². The fourth-order valence-corrected chi connectivity index (χ4v) is 1.97. The fourth-order valence-electron chi connectivity index (χ4n) is 1.97. The number of likely N-dealkylation sites (N-methyl/N-ethyl adjacent to an activating group) is 1. The van der Waals surface area contributed by atoms with Crippen LogP contribution in [0.3, 0.4) is 0 Å². The zero-order valence-electron chi connectivity index (χ0n) is 11.4. The van der Waals surface area contributed by atoms with Gasteiger partial charge in [-0.2, -0.15) is 0 Å². The number of ether oxygens (including phenoxy) is 1. The lowest BCUT2D eigenvalue weighted by atomic mass is 10.1. The topological polar surface area (TPSA) is 12.5 Å². The summed E-state index contributed by atoms with van der Waals surface area (Å²) in [6.45, 7) is 10.7. The van der Waals surface area contributed by atoms with E-state index in [0.717, 1.165) is 38.4 Å².